The molecule has 0 bridgehead atoms. The van der Waals surface area contributed by atoms with Crippen molar-refractivity contribution in [2.24, 2.45) is 0 Å². The number of hydroxylamine groups is 1. The molecular formula is C17H23NO6. The van der Waals surface area contributed by atoms with Crippen LogP contribution in [0.15, 0.2) is 30.3 Å². The minimum Gasteiger partial charge on any atom is -0.460 e. The van der Waals surface area contributed by atoms with Crippen molar-refractivity contribution >= 4 is 18.0 Å². The number of esters is 1. The number of carbonyl (C=O) groups excluding carboxylic acids is 3. The van der Waals surface area contributed by atoms with E-state index in [1.807, 2.05) is 23.7 Å². The third-order valence-electron chi connectivity index (χ3n) is 2.64. The minimum atomic E-state index is -0.862. The quantitative estimate of drug-likeness (QED) is 0.487. The summed E-state index contributed by atoms with van der Waals surface area (Å²) in [5.74, 6) is -1.04. The number of hydrogen-bond donors (Lipinski definition) is 1. The molecule has 0 fully saturated rings. The first-order chi connectivity index (χ1) is 11.3. The summed E-state index contributed by atoms with van der Waals surface area (Å²) in [7, 11) is 0. The van der Waals surface area contributed by atoms with E-state index in [4.69, 9.17) is 9.47 Å². The van der Waals surface area contributed by atoms with Crippen molar-refractivity contribution < 1.29 is 28.7 Å². The average Bonchev–Trinajstić information content (AvgIpc) is 2.50. The van der Waals surface area contributed by atoms with Crippen molar-refractivity contribution in [3.8, 4) is 0 Å². The van der Waals surface area contributed by atoms with Crippen LogP contribution in [0.2, 0.25) is 0 Å². The molecule has 0 aliphatic heterocycles. The molecule has 1 N–H and O–H groups in total. The maximum atomic E-state index is 11.5. The van der Waals surface area contributed by atoms with Crippen LogP contribution in [0.3, 0.4) is 0 Å². The van der Waals surface area contributed by atoms with Gasteiger partial charge in [-0.1, -0.05) is 30.3 Å². The van der Waals surface area contributed by atoms with Crippen LogP contribution in [0.4, 0.5) is 4.79 Å². The highest BCUT2D eigenvalue weighted by atomic mass is 16.7. The zero-order chi connectivity index (χ0) is 18.0. The first-order valence-electron chi connectivity index (χ1n) is 7.64. The van der Waals surface area contributed by atoms with Gasteiger partial charge in [0.15, 0.2) is 0 Å². The van der Waals surface area contributed by atoms with E-state index in [-0.39, 0.29) is 31.8 Å². The van der Waals surface area contributed by atoms with E-state index in [0.29, 0.717) is 0 Å². The Kier molecular flexibility index (Phi) is 7.74. The van der Waals surface area contributed by atoms with Crippen molar-refractivity contribution in [2.75, 3.05) is 0 Å². The summed E-state index contributed by atoms with van der Waals surface area (Å²) in [5, 5.41) is 0. The molecule has 132 valence electrons. The summed E-state index contributed by atoms with van der Waals surface area (Å²) in [5.41, 5.74) is 2.16. The maximum absolute atomic E-state index is 11.5. The number of carbonyl (C=O) groups is 3. The van der Waals surface area contributed by atoms with Crippen molar-refractivity contribution in [3.05, 3.63) is 35.9 Å². The Morgan fingerprint density at radius 1 is 1.00 bits per heavy atom. The van der Waals surface area contributed by atoms with Gasteiger partial charge in [0, 0.05) is 12.8 Å². The van der Waals surface area contributed by atoms with Crippen molar-refractivity contribution in [1.82, 2.24) is 5.48 Å². The summed E-state index contributed by atoms with van der Waals surface area (Å²) < 4.78 is 9.99. The van der Waals surface area contributed by atoms with Crippen LogP contribution in [-0.2, 0) is 30.5 Å². The number of rotatable bonds is 6. The van der Waals surface area contributed by atoms with Gasteiger partial charge >= 0.3 is 18.0 Å². The average molecular weight is 337 g/mol. The van der Waals surface area contributed by atoms with Gasteiger partial charge < -0.3 is 14.3 Å². The molecule has 0 unspecified atom stereocenters. The molecule has 0 atom stereocenters. The van der Waals surface area contributed by atoms with E-state index in [2.05, 4.69) is 4.84 Å². The van der Waals surface area contributed by atoms with Gasteiger partial charge in [0.2, 0.25) is 0 Å². The zero-order valence-electron chi connectivity index (χ0n) is 14.2. The molecule has 0 aliphatic carbocycles. The van der Waals surface area contributed by atoms with Crippen LogP contribution in [-0.4, -0.2) is 23.6 Å². The van der Waals surface area contributed by atoms with Gasteiger partial charge in [-0.2, -0.15) is 0 Å². The summed E-state index contributed by atoms with van der Waals surface area (Å²) in [6, 6.07) is 9.09. The van der Waals surface area contributed by atoms with E-state index in [1.54, 1.807) is 32.9 Å². The Labute approximate surface area is 141 Å². The second-order valence-corrected chi connectivity index (χ2v) is 6.08. The number of benzene rings is 1. The Morgan fingerprint density at radius 3 is 2.25 bits per heavy atom. The molecule has 0 saturated heterocycles. The van der Waals surface area contributed by atoms with Crippen LogP contribution < -0.4 is 5.48 Å². The number of hydrogen-bond acceptors (Lipinski definition) is 6. The molecule has 0 aliphatic rings. The molecule has 7 heteroatoms. The SMILES string of the molecule is CC(C)(C)OC(=O)CCCC(=O)ONC(=O)OCc1ccccc1. The fourth-order valence-corrected chi connectivity index (χ4v) is 1.67. The summed E-state index contributed by atoms with van der Waals surface area (Å²) >= 11 is 0. The van der Waals surface area contributed by atoms with E-state index in [1.165, 1.54) is 0 Å². The lowest BCUT2D eigenvalue weighted by atomic mass is 10.2. The second-order valence-electron chi connectivity index (χ2n) is 6.08. The van der Waals surface area contributed by atoms with Gasteiger partial charge in [-0.05, 0) is 32.8 Å². The number of ether oxygens (including phenoxy) is 2. The molecule has 7 nitrogen and oxygen atoms in total. The molecular weight excluding hydrogens is 314 g/mol. The predicted molar refractivity (Wildman–Crippen MR) is 85.6 cm³/mol. The van der Waals surface area contributed by atoms with Crippen LogP contribution >= 0.6 is 0 Å². The standard InChI is InChI=1S/C17H23NO6/c1-17(2,3)23-14(19)10-7-11-15(20)24-18-16(21)22-12-13-8-5-4-6-9-13/h4-6,8-9H,7,10-12H2,1-3H3,(H,18,21). The van der Waals surface area contributed by atoms with Crippen molar-refractivity contribution in [2.45, 2.75) is 52.2 Å². The summed E-state index contributed by atoms with van der Waals surface area (Å²) in [6.07, 6.45) is -0.503. The van der Waals surface area contributed by atoms with Gasteiger partial charge in [0.05, 0.1) is 0 Å². The summed E-state index contributed by atoms with van der Waals surface area (Å²) in [6.45, 7) is 5.38. The Morgan fingerprint density at radius 2 is 1.62 bits per heavy atom. The third-order valence-corrected chi connectivity index (χ3v) is 2.64. The Bertz CT molecular complexity index is 550. The lowest BCUT2D eigenvalue weighted by molar-refractivity contribution is -0.155. The lowest BCUT2D eigenvalue weighted by Gasteiger charge is -2.19. The van der Waals surface area contributed by atoms with Gasteiger partial charge in [0.25, 0.3) is 0 Å². The van der Waals surface area contributed by atoms with Crippen molar-refractivity contribution in [3.63, 3.8) is 0 Å². The third kappa shape index (κ3) is 9.45. The fourth-order valence-electron chi connectivity index (χ4n) is 1.67. The predicted octanol–water partition coefficient (Wildman–Crippen LogP) is 2.88. The van der Waals surface area contributed by atoms with Gasteiger partial charge in [-0.25, -0.2) is 9.59 Å². The zero-order valence-corrected chi connectivity index (χ0v) is 14.2. The Hall–Kier alpha value is -2.57. The summed E-state index contributed by atoms with van der Waals surface area (Å²) in [4.78, 5) is 38.8. The molecule has 1 aromatic carbocycles. The molecule has 1 rings (SSSR count). The highest BCUT2D eigenvalue weighted by molar-refractivity contribution is 5.74. The molecule has 0 saturated carbocycles. The molecule has 24 heavy (non-hydrogen) atoms. The molecule has 0 radical (unpaired) electrons. The second kappa shape index (κ2) is 9.54. The minimum absolute atomic E-state index is 0.0157. The van der Waals surface area contributed by atoms with Gasteiger partial charge in [-0.15, -0.1) is 5.48 Å². The van der Waals surface area contributed by atoms with Crippen LogP contribution in [0.5, 0.6) is 0 Å². The topological polar surface area (TPSA) is 90.9 Å². The number of nitrogens with one attached hydrogen (secondary N) is 1. The smallest absolute Gasteiger partial charge is 0.441 e. The van der Waals surface area contributed by atoms with Crippen LogP contribution in [0.1, 0.15) is 45.6 Å². The highest BCUT2D eigenvalue weighted by Crippen LogP contribution is 2.10. The van der Waals surface area contributed by atoms with Crippen LogP contribution in [0, 0.1) is 0 Å². The molecule has 1 amide bonds. The molecule has 1 aromatic rings. The highest BCUT2D eigenvalue weighted by Gasteiger charge is 2.16. The molecule has 0 heterocycles. The maximum Gasteiger partial charge on any atom is 0.441 e. The monoisotopic (exact) mass is 337 g/mol. The van der Waals surface area contributed by atoms with E-state index < -0.39 is 17.7 Å². The largest absolute Gasteiger partial charge is 0.460 e. The van der Waals surface area contributed by atoms with Crippen LogP contribution in [0.25, 0.3) is 0 Å². The van der Waals surface area contributed by atoms with Crippen molar-refractivity contribution in [1.29, 1.82) is 0 Å². The molecule has 0 spiro atoms. The molecule has 0 aromatic heterocycles. The lowest BCUT2D eigenvalue weighted by Crippen LogP contribution is -2.28. The first kappa shape index (κ1) is 19.5. The number of amides is 1. The van der Waals surface area contributed by atoms with E-state index in [9.17, 15) is 14.4 Å². The Balaban J connectivity index is 2.12. The fraction of sp³-hybridized carbons (Fsp3) is 0.471. The van der Waals surface area contributed by atoms with Gasteiger partial charge in [0.1, 0.15) is 12.2 Å². The van der Waals surface area contributed by atoms with E-state index >= 15 is 0 Å². The van der Waals surface area contributed by atoms with Gasteiger partial charge in [-0.3, -0.25) is 4.79 Å². The normalized spacial score (nSPS) is 10.6. The first-order valence-corrected chi connectivity index (χ1v) is 7.64. The van der Waals surface area contributed by atoms with E-state index in [0.717, 1.165) is 5.56 Å².